The van der Waals surface area contributed by atoms with Crippen molar-refractivity contribution < 1.29 is 33.7 Å². The van der Waals surface area contributed by atoms with Gasteiger partial charge < -0.3 is 24.2 Å². The number of ether oxygens (including phenoxy) is 3. The molecular weight excluding hydrogens is 416 g/mol. The van der Waals surface area contributed by atoms with Crippen LogP contribution in [0, 0.1) is 0 Å². The first-order chi connectivity index (χ1) is 14.8. The minimum absolute atomic E-state index is 0.0885. The van der Waals surface area contributed by atoms with Gasteiger partial charge in [-0.25, -0.2) is 19.3 Å². The standard InChI is InChI=1S/C23H34N2O7/c1-22(2,3)31-20(28)25(21(29)32-23(4,5)6)17-14-24(13-12-18(17)26)19(27)30-15-16-10-8-7-9-11-16/h7-11,17-18,26H,12-15H2,1-6H3/t17-,18-/m1/s1. The molecule has 9 heteroatoms. The summed E-state index contributed by atoms with van der Waals surface area (Å²) < 4.78 is 16.1. The molecule has 3 amide bonds. The molecule has 0 saturated carbocycles. The number of imide groups is 1. The third kappa shape index (κ3) is 7.71. The van der Waals surface area contributed by atoms with Gasteiger partial charge in [-0.3, -0.25) is 0 Å². The fourth-order valence-electron chi connectivity index (χ4n) is 3.12. The average Bonchev–Trinajstić information content (AvgIpc) is 2.65. The van der Waals surface area contributed by atoms with E-state index in [2.05, 4.69) is 0 Å². The van der Waals surface area contributed by atoms with Gasteiger partial charge in [0, 0.05) is 13.1 Å². The Labute approximate surface area is 189 Å². The molecule has 1 saturated heterocycles. The van der Waals surface area contributed by atoms with E-state index in [1.807, 2.05) is 30.3 Å². The van der Waals surface area contributed by atoms with Crippen LogP contribution in [0.4, 0.5) is 14.4 Å². The Bertz CT molecular complexity index is 771. The largest absolute Gasteiger partial charge is 0.445 e. The van der Waals surface area contributed by atoms with Crippen molar-refractivity contribution in [2.75, 3.05) is 13.1 Å². The molecule has 32 heavy (non-hydrogen) atoms. The Balaban J connectivity index is 2.17. The maximum Gasteiger partial charge on any atom is 0.420 e. The van der Waals surface area contributed by atoms with Crippen LogP contribution in [0.3, 0.4) is 0 Å². The number of piperidine rings is 1. The Morgan fingerprint density at radius 3 is 2.03 bits per heavy atom. The predicted molar refractivity (Wildman–Crippen MR) is 117 cm³/mol. The second-order valence-corrected chi connectivity index (χ2v) is 9.74. The van der Waals surface area contributed by atoms with Crippen molar-refractivity contribution in [2.45, 2.75) is 77.9 Å². The molecule has 9 nitrogen and oxygen atoms in total. The number of carbonyl (C=O) groups is 3. The number of likely N-dealkylation sites (tertiary alicyclic amines) is 1. The van der Waals surface area contributed by atoms with E-state index in [-0.39, 0.29) is 26.1 Å². The quantitative estimate of drug-likeness (QED) is 0.696. The molecule has 2 rings (SSSR count). The van der Waals surface area contributed by atoms with Crippen molar-refractivity contribution in [1.82, 2.24) is 9.80 Å². The highest BCUT2D eigenvalue weighted by Gasteiger charge is 2.43. The Morgan fingerprint density at radius 2 is 1.53 bits per heavy atom. The summed E-state index contributed by atoms with van der Waals surface area (Å²) >= 11 is 0. The molecule has 1 heterocycles. The molecule has 178 valence electrons. The number of hydrogen-bond acceptors (Lipinski definition) is 7. The molecule has 1 fully saturated rings. The van der Waals surface area contributed by atoms with E-state index in [9.17, 15) is 19.5 Å². The van der Waals surface area contributed by atoms with E-state index >= 15 is 0 Å². The Morgan fingerprint density at radius 1 is 1.00 bits per heavy atom. The van der Waals surface area contributed by atoms with Crippen LogP contribution in [-0.4, -0.2) is 69.6 Å². The molecule has 0 radical (unpaired) electrons. The Hall–Kier alpha value is -2.81. The maximum absolute atomic E-state index is 12.9. The third-order valence-electron chi connectivity index (χ3n) is 4.52. The topological polar surface area (TPSA) is 106 Å². The number of hydrogen-bond donors (Lipinski definition) is 1. The van der Waals surface area contributed by atoms with Gasteiger partial charge in [-0.15, -0.1) is 0 Å². The lowest BCUT2D eigenvalue weighted by molar-refractivity contribution is -0.0429. The fourth-order valence-corrected chi connectivity index (χ4v) is 3.12. The summed E-state index contributed by atoms with van der Waals surface area (Å²) in [4.78, 5) is 40.5. The van der Waals surface area contributed by atoms with Crippen LogP contribution < -0.4 is 0 Å². The van der Waals surface area contributed by atoms with Crippen LogP contribution in [0.1, 0.15) is 53.5 Å². The second kappa shape index (κ2) is 10.2. The van der Waals surface area contributed by atoms with Crippen LogP contribution in [-0.2, 0) is 20.8 Å². The van der Waals surface area contributed by atoms with E-state index in [0.29, 0.717) is 0 Å². The lowest BCUT2D eigenvalue weighted by Gasteiger charge is -2.41. The van der Waals surface area contributed by atoms with Gasteiger partial charge in [0.15, 0.2) is 0 Å². The van der Waals surface area contributed by atoms with Gasteiger partial charge in [0.25, 0.3) is 0 Å². The normalized spacial score (nSPS) is 19.2. The minimum Gasteiger partial charge on any atom is -0.445 e. The summed E-state index contributed by atoms with van der Waals surface area (Å²) in [5.41, 5.74) is -0.908. The third-order valence-corrected chi connectivity index (χ3v) is 4.52. The number of aliphatic hydroxyl groups excluding tert-OH is 1. The van der Waals surface area contributed by atoms with E-state index < -0.39 is 41.6 Å². The highest BCUT2D eigenvalue weighted by Crippen LogP contribution is 2.23. The first kappa shape index (κ1) is 25.5. The molecule has 0 aliphatic carbocycles. The highest BCUT2D eigenvalue weighted by atomic mass is 16.6. The zero-order valence-electron chi connectivity index (χ0n) is 19.7. The van der Waals surface area contributed by atoms with Crippen molar-refractivity contribution in [1.29, 1.82) is 0 Å². The molecule has 1 aliphatic rings. The summed E-state index contributed by atoms with van der Waals surface area (Å²) in [6.07, 6.45) is -3.38. The molecule has 1 aromatic carbocycles. The van der Waals surface area contributed by atoms with Crippen LogP contribution in [0.25, 0.3) is 0 Å². The number of rotatable bonds is 3. The van der Waals surface area contributed by atoms with Crippen molar-refractivity contribution in [2.24, 2.45) is 0 Å². The average molecular weight is 451 g/mol. The zero-order valence-corrected chi connectivity index (χ0v) is 19.7. The van der Waals surface area contributed by atoms with Crippen LogP contribution in [0.15, 0.2) is 30.3 Å². The molecule has 0 unspecified atom stereocenters. The summed E-state index contributed by atoms with van der Waals surface area (Å²) in [5, 5.41) is 10.6. The van der Waals surface area contributed by atoms with Gasteiger partial charge in [-0.05, 0) is 53.5 Å². The van der Waals surface area contributed by atoms with Crippen molar-refractivity contribution in [3.63, 3.8) is 0 Å². The van der Waals surface area contributed by atoms with Gasteiger partial charge in [0.1, 0.15) is 17.8 Å². The molecule has 0 aromatic heterocycles. The smallest absolute Gasteiger partial charge is 0.420 e. The van der Waals surface area contributed by atoms with Gasteiger partial charge >= 0.3 is 18.3 Å². The van der Waals surface area contributed by atoms with E-state index in [4.69, 9.17) is 14.2 Å². The van der Waals surface area contributed by atoms with E-state index in [1.165, 1.54) is 4.90 Å². The Kier molecular flexibility index (Phi) is 8.12. The van der Waals surface area contributed by atoms with Gasteiger partial charge in [0.05, 0.1) is 12.1 Å². The minimum atomic E-state index is -1.05. The SMILES string of the molecule is CC(C)(C)OC(=O)N(C(=O)OC(C)(C)C)[C@@H]1CN(C(=O)OCc2ccccc2)CC[C@H]1O. The van der Waals surface area contributed by atoms with Crippen LogP contribution in [0.2, 0.25) is 0 Å². The van der Waals surface area contributed by atoms with Crippen LogP contribution in [0.5, 0.6) is 0 Å². The summed E-state index contributed by atoms with van der Waals surface area (Å²) in [5.74, 6) is 0. The fraction of sp³-hybridized carbons (Fsp3) is 0.609. The maximum atomic E-state index is 12.9. The first-order valence-corrected chi connectivity index (χ1v) is 10.7. The van der Waals surface area contributed by atoms with Crippen molar-refractivity contribution >= 4 is 18.3 Å². The predicted octanol–water partition coefficient (Wildman–Crippen LogP) is 3.93. The molecule has 1 aliphatic heterocycles. The zero-order chi connectivity index (χ0) is 24.1. The first-order valence-electron chi connectivity index (χ1n) is 10.7. The highest BCUT2D eigenvalue weighted by molar-refractivity contribution is 5.89. The lowest BCUT2D eigenvalue weighted by Crippen LogP contribution is -2.60. The van der Waals surface area contributed by atoms with Crippen LogP contribution >= 0.6 is 0 Å². The second-order valence-electron chi connectivity index (χ2n) is 9.74. The molecule has 1 aromatic rings. The number of carbonyl (C=O) groups excluding carboxylic acids is 3. The van der Waals surface area contributed by atoms with Crippen molar-refractivity contribution in [3.05, 3.63) is 35.9 Å². The molecule has 0 spiro atoms. The lowest BCUT2D eigenvalue weighted by atomic mass is 10.0. The van der Waals surface area contributed by atoms with Gasteiger partial charge in [-0.1, -0.05) is 30.3 Å². The number of nitrogens with zero attached hydrogens (tertiary/aromatic N) is 2. The van der Waals surface area contributed by atoms with Gasteiger partial charge in [-0.2, -0.15) is 0 Å². The molecule has 2 atom stereocenters. The molecular formula is C23H34N2O7. The number of benzene rings is 1. The monoisotopic (exact) mass is 450 g/mol. The van der Waals surface area contributed by atoms with Crippen molar-refractivity contribution in [3.8, 4) is 0 Å². The molecule has 1 N–H and O–H groups in total. The molecule has 0 bridgehead atoms. The van der Waals surface area contributed by atoms with Gasteiger partial charge in [0.2, 0.25) is 0 Å². The summed E-state index contributed by atoms with van der Waals surface area (Å²) in [6.45, 7) is 10.2. The van der Waals surface area contributed by atoms with E-state index in [0.717, 1.165) is 10.5 Å². The number of amides is 3. The summed E-state index contributed by atoms with van der Waals surface area (Å²) in [7, 11) is 0. The number of aliphatic hydroxyl groups is 1. The van der Waals surface area contributed by atoms with E-state index in [1.54, 1.807) is 41.5 Å². The summed E-state index contributed by atoms with van der Waals surface area (Å²) in [6, 6.07) is 8.18.